The monoisotopic (exact) mass is 551 g/mol. The molecule has 16 nitrogen and oxygen atoms in total. The smallest absolute Gasteiger partial charge is 0.234 e. The van der Waals surface area contributed by atoms with Crippen LogP contribution < -0.4 is 10.6 Å². The fourth-order valence-corrected chi connectivity index (χ4v) is 4.24. The van der Waals surface area contributed by atoms with Gasteiger partial charge >= 0.3 is 0 Å². The minimum Gasteiger partial charge on any atom is -0.388 e. The fourth-order valence-electron chi connectivity index (χ4n) is 4.24. The van der Waals surface area contributed by atoms with E-state index in [4.69, 9.17) is 23.7 Å². The van der Waals surface area contributed by atoms with E-state index in [9.17, 15) is 39.9 Å². The molecule has 0 aromatic heterocycles. The highest BCUT2D eigenvalue weighted by Crippen LogP contribution is 2.29. The van der Waals surface area contributed by atoms with Crippen LogP contribution in [0.5, 0.6) is 0 Å². The number of fused-ring (bicyclic) bond motifs is 3. The summed E-state index contributed by atoms with van der Waals surface area (Å²) in [6.07, 6.45) is -14.8. The first-order chi connectivity index (χ1) is 18.0. The van der Waals surface area contributed by atoms with E-state index in [0.717, 1.165) is 0 Å². The van der Waals surface area contributed by atoms with Gasteiger partial charge in [0, 0.05) is 13.1 Å². The minimum absolute atomic E-state index is 0.0120. The molecule has 10 atom stereocenters. The summed E-state index contributed by atoms with van der Waals surface area (Å²) in [5.41, 5.74) is 0. The number of aliphatic hydroxyl groups excluding tert-OH is 5. The number of nitrogens with one attached hydrogen (secondary N) is 2. The summed E-state index contributed by atoms with van der Waals surface area (Å²) in [4.78, 5) is 37.6. The molecule has 0 aromatic rings. The van der Waals surface area contributed by atoms with Crippen LogP contribution in [0.25, 0.3) is 0 Å². The number of nitrogens with zero attached hydrogens (tertiary/aromatic N) is 1. The van der Waals surface area contributed by atoms with Gasteiger partial charge in [-0.15, -0.1) is 0 Å². The molecule has 0 saturated carbocycles. The van der Waals surface area contributed by atoms with E-state index >= 15 is 0 Å². The van der Waals surface area contributed by atoms with Gasteiger partial charge in [-0.25, -0.2) is 0 Å². The molecule has 3 heterocycles. The largest absolute Gasteiger partial charge is 0.388 e. The Morgan fingerprint density at radius 1 is 0.789 bits per heavy atom. The first kappa shape index (κ1) is 30.7. The Kier molecular flexibility index (Phi) is 11.3. The normalized spacial score (nSPS) is 41.0. The van der Waals surface area contributed by atoms with Gasteiger partial charge in [-0.05, 0) is 13.8 Å². The Balaban J connectivity index is 1.78. The van der Waals surface area contributed by atoms with Crippen LogP contribution in [0.3, 0.4) is 0 Å². The van der Waals surface area contributed by atoms with Crippen molar-refractivity contribution in [3.8, 4) is 0 Å². The number of carbonyl (C=O) groups excluding carboxylic acids is 3. The van der Waals surface area contributed by atoms with E-state index < -0.39 is 73.4 Å². The van der Waals surface area contributed by atoms with Crippen molar-refractivity contribution in [1.29, 1.82) is 0 Å². The van der Waals surface area contributed by atoms with Crippen LogP contribution in [0.4, 0.5) is 0 Å². The highest BCUT2D eigenvalue weighted by Gasteiger charge is 2.50. The number of ether oxygens (including phenoxy) is 5. The highest BCUT2D eigenvalue weighted by atomic mass is 16.8. The summed E-state index contributed by atoms with van der Waals surface area (Å²) in [6.45, 7) is 1.83. The second-order valence-corrected chi connectivity index (χ2v) is 9.42. The lowest BCUT2D eigenvalue weighted by molar-refractivity contribution is -0.387. The highest BCUT2D eigenvalue weighted by molar-refractivity contribution is 5.83. The van der Waals surface area contributed by atoms with E-state index in [2.05, 4.69) is 10.6 Å². The molecule has 3 aliphatic rings. The molecule has 2 amide bonds. The van der Waals surface area contributed by atoms with Gasteiger partial charge in [0.15, 0.2) is 18.9 Å². The number of Topliss-reactive ketones (excluding diaryl/α,β-unsaturated/α-hetero) is 1. The molecule has 3 rings (SSSR count). The molecule has 3 fully saturated rings. The van der Waals surface area contributed by atoms with E-state index in [1.807, 2.05) is 0 Å². The zero-order valence-corrected chi connectivity index (χ0v) is 21.2. The van der Waals surface area contributed by atoms with Gasteiger partial charge in [-0.2, -0.15) is 0 Å². The first-order valence-electron chi connectivity index (χ1n) is 12.3. The number of aliphatic hydroxyl groups is 5. The summed E-state index contributed by atoms with van der Waals surface area (Å²) in [5, 5.41) is 57.1. The lowest BCUT2D eigenvalue weighted by Crippen LogP contribution is -2.64. The zero-order valence-electron chi connectivity index (χ0n) is 21.2. The maximum absolute atomic E-state index is 12.4. The van der Waals surface area contributed by atoms with Crippen LogP contribution in [0.15, 0.2) is 0 Å². The Labute approximate surface area is 218 Å². The second kappa shape index (κ2) is 14.0. The Morgan fingerprint density at radius 2 is 1.34 bits per heavy atom. The van der Waals surface area contributed by atoms with Gasteiger partial charge in [0.05, 0.1) is 39.0 Å². The van der Waals surface area contributed by atoms with Crippen molar-refractivity contribution in [1.82, 2.24) is 15.5 Å². The molecule has 0 unspecified atom stereocenters. The van der Waals surface area contributed by atoms with Crippen LogP contribution in [-0.4, -0.2) is 156 Å². The van der Waals surface area contributed by atoms with Crippen LogP contribution >= 0.6 is 0 Å². The third-order valence-electron chi connectivity index (χ3n) is 6.19. The molecule has 0 aromatic carbocycles. The first-order valence-corrected chi connectivity index (χ1v) is 12.3. The van der Waals surface area contributed by atoms with Crippen molar-refractivity contribution >= 4 is 17.6 Å². The standard InChI is InChI=1S/C22H37N3O13/c1-10(26)7-25-8-12(27)23-3-5-34-20-17(32)15(30)18(33)21(38-20)37-19-16(31)14(29)11(2)36-22(19)35-6-4-24-13(28)9-25/h11,14-22,29-33H,3-9H2,1-2H3,(H,23,27)(H,24,28)/t11-,14+,15-,16+,17-,18-,19-,20+,21+,22+/m0/s1. The van der Waals surface area contributed by atoms with Crippen molar-refractivity contribution in [2.75, 3.05) is 45.9 Å². The topological polar surface area (TPSA) is 226 Å². The fraction of sp³-hybridized carbons (Fsp3) is 0.864. The summed E-state index contributed by atoms with van der Waals surface area (Å²) in [5.74, 6) is -1.21. The summed E-state index contributed by atoms with van der Waals surface area (Å²) >= 11 is 0. The minimum atomic E-state index is -1.77. The molecule has 2 bridgehead atoms. The second-order valence-electron chi connectivity index (χ2n) is 9.42. The lowest BCUT2D eigenvalue weighted by atomic mass is 9.99. The van der Waals surface area contributed by atoms with Crippen molar-refractivity contribution in [3.05, 3.63) is 0 Å². The predicted octanol–water partition coefficient (Wildman–Crippen LogP) is -5.23. The van der Waals surface area contributed by atoms with Crippen molar-refractivity contribution in [3.63, 3.8) is 0 Å². The van der Waals surface area contributed by atoms with E-state index in [-0.39, 0.29) is 51.7 Å². The molecule has 38 heavy (non-hydrogen) atoms. The Morgan fingerprint density at radius 3 is 1.92 bits per heavy atom. The van der Waals surface area contributed by atoms with E-state index in [1.54, 1.807) is 0 Å². The third-order valence-corrected chi connectivity index (χ3v) is 6.19. The number of rotatable bonds is 2. The third kappa shape index (κ3) is 8.09. The maximum Gasteiger partial charge on any atom is 0.234 e. The van der Waals surface area contributed by atoms with Crippen LogP contribution in [0.1, 0.15) is 13.8 Å². The van der Waals surface area contributed by atoms with Crippen molar-refractivity contribution in [2.24, 2.45) is 0 Å². The van der Waals surface area contributed by atoms with Crippen molar-refractivity contribution in [2.45, 2.75) is 75.4 Å². The number of ketones is 1. The van der Waals surface area contributed by atoms with E-state index in [1.165, 1.54) is 18.7 Å². The zero-order chi connectivity index (χ0) is 28.0. The van der Waals surface area contributed by atoms with Crippen LogP contribution in [0.2, 0.25) is 0 Å². The molecule has 16 heteroatoms. The SMILES string of the molecule is CC(=O)CN1CC(=O)NCCO[C@@H]2O[C@@H](O[C@@H]3[C@H](OCCNC(=O)C1)O[C@@H](C)[C@@H](O)[C@H]3O)[C@@H](O)[C@@H](O)[C@@H]2O. The summed E-state index contributed by atoms with van der Waals surface area (Å²) in [6, 6.07) is 0. The molecule has 7 N–H and O–H groups in total. The van der Waals surface area contributed by atoms with Gasteiger partial charge in [0.1, 0.15) is 42.4 Å². The summed E-state index contributed by atoms with van der Waals surface area (Å²) < 4.78 is 27.8. The summed E-state index contributed by atoms with van der Waals surface area (Å²) in [7, 11) is 0. The lowest BCUT2D eigenvalue weighted by Gasteiger charge is -2.45. The van der Waals surface area contributed by atoms with Gasteiger partial charge < -0.3 is 59.9 Å². The molecule has 218 valence electrons. The molecule has 3 saturated heterocycles. The molecular weight excluding hydrogens is 514 g/mol. The maximum atomic E-state index is 12.4. The predicted molar refractivity (Wildman–Crippen MR) is 123 cm³/mol. The number of amides is 2. The van der Waals surface area contributed by atoms with Gasteiger partial charge in [0.2, 0.25) is 11.8 Å². The number of carbonyl (C=O) groups is 3. The average molecular weight is 552 g/mol. The van der Waals surface area contributed by atoms with Crippen molar-refractivity contribution < 1.29 is 63.6 Å². The average Bonchev–Trinajstić information content (AvgIpc) is 2.85. The molecule has 0 aliphatic carbocycles. The van der Waals surface area contributed by atoms with E-state index in [0.29, 0.717) is 0 Å². The molecule has 0 spiro atoms. The Hall–Kier alpha value is -1.83. The molecular formula is C22H37N3O13. The quantitative estimate of drug-likeness (QED) is 0.170. The molecule has 3 aliphatic heterocycles. The van der Waals surface area contributed by atoms with Crippen LogP contribution in [-0.2, 0) is 38.1 Å². The van der Waals surface area contributed by atoms with Gasteiger partial charge in [0.25, 0.3) is 0 Å². The number of hydrogen-bond donors (Lipinski definition) is 7. The van der Waals surface area contributed by atoms with Gasteiger partial charge in [-0.1, -0.05) is 0 Å². The number of hydrogen-bond acceptors (Lipinski definition) is 14. The van der Waals surface area contributed by atoms with Gasteiger partial charge in [-0.3, -0.25) is 19.3 Å². The Bertz CT molecular complexity index is 819. The molecule has 0 radical (unpaired) electrons. The van der Waals surface area contributed by atoms with Crippen LogP contribution in [0, 0.1) is 0 Å².